The maximum Gasteiger partial charge on any atom is 0.434 e. The van der Waals surface area contributed by atoms with Crippen molar-refractivity contribution in [2.45, 2.75) is 25.4 Å². The molecule has 0 atom stereocenters. The molecule has 1 aromatic carbocycles. The van der Waals surface area contributed by atoms with Crippen LogP contribution in [0.25, 0.3) is 10.9 Å². The molecule has 0 aliphatic heterocycles. The van der Waals surface area contributed by atoms with Gasteiger partial charge in [0.1, 0.15) is 0 Å². The van der Waals surface area contributed by atoms with E-state index in [-0.39, 0.29) is 17.5 Å². The molecule has 0 saturated heterocycles. The summed E-state index contributed by atoms with van der Waals surface area (Å²) in [5.74, 6) is -0.335. The third-order valence-electron chi connectivity index (χ3n) is 3.57. The highest BCUT2D eigenvalue weighted by Gasteiger charge is 2.33. The molecule has 0 radical (unpaired) electrons. The zero-order valence-electron chi connectivity index (χ0n) is 12.5. The van der Waals surface area contributed by atoms with Gasteiger partial charge in [-0.1, -0.05) is 18.2 Å². The smallest absolute Gasteiger partial charge is 0.361 e. The van der Waals surface area contributed by atoms with Gasteiger partial charge in [-0.25, -0.2) is 4.98 Å². The van der Waals surface area contributed by atoms with Gasteiger partial charge < -0.3 is 10.3 Å². The van der Waals surface area contributed by atoms with Gasteiger partial charge in [-0.05, 0) is 24.5 Å². The number of aromatic amines is 1. The maximum absolute atomic E-state index is 12.5. The molecular formula is C16H14F3N3OS. The van der Waals surface area contributed by atoms with Crippen molar-refractivity contribution in [2.24, 2.45) is 0 Å². The molecule has 0 saturated carbocycles. The topological polar surface area (TPSA) is 57.8 Å². The molecule has 2 heterocycles. The van der Waals surface area contributed by atoms with Crippen molar-refractivity contribution in [3.63, 3.8) is 0 Å². The summed E-state index contributed by atoms with van der Waals surface area (Å²) in [5, 5.41) is 4.39. The molecule has 0 spiro atoms. The number of hydrogen-bond acceptors (Lipinski definition) is 3. The number of anilines is 1. The lowest BCUT2D eigenvalue weighted by atomic mass is 10.1. The van der Waals surface area contributed by atoms with Gasteiger partial charge in [-0.3, -0.25) is 4.79 Å². The second-order valence-corrected chi connectivity index (χ2v) is 6.15. The van der Waals surface area contributed by atoms with Crippen molar-refractivity contribution >= 4 is 33.3 Å². The molecule has 0 aliphatic rings. The molecule has 0 fully saturated rings. The number of carbonyl (C=O) groups excluding carboxylic acids is 1. The zero-order valence-corrected chi connectivity index (χ0v) is 13.3. The Labute approximate surface area is 139 Å². The Morgan fingerprint density at radius 2 is 2.08 bits per heavy atom. The Bertz CT molecular complexity index is 853. The van der Waals surface area contributed by atoms with E-state index >= 15 is 0 Å². The van der Waals surface area contributed by atoms with E-state index in [1.54, 1.807) is 0 Å². The largest absolute Gasteiger partial charge is 0.434 e. The van der Waals surface area contributed by atoms with E-state index < -0.39 is 11.9 Å². The number of rotatable bonds is 5. The van der Waals surface area contributed by atoms with Crippen molar-refractivity contribution in [2.75, 3.05) is 5.32 Å². The standard InChI is InChI=1S/C16H14F3N3OS/c17-16(18,19)13-9-24-15(21-13)22-14(23)7-3-4-10-8-20-12-6-2-1-5-11(10)12/h1-2,5-6,8-9,20H,3-4,7H2,(H,21,22,23). The Morgan fingerprint density at radius 1 is 1.29 bits per heavy atom. The Kier molecular flexibility index (Phi) is 4.57. The molecule has 8 heteroatoms. The van der Waals surface area contributed by atoms with Crippen LogP contribution in [0.2, 0.25) is 0 Å². The predicted molar refractivity (Wildman–Crippen MR) is 87.0 cm³/mol. The van der Waals surface area contributed by atoms with Gasteiger partial charge in [0.25, 0.3) is 0 Å². The number of halogens is 3. The van der Waals surface area contributed by atoms with Crippen LogP contribution in [0.5, 0.6) is 0 Å². The van der Waals surface area contributed by atoms with Gasteiger partial charge in [0.05, 0.1) is 0 Å². The van der Waals surface area contributed by atoms with E-state index in [1.165, 1.54) is 0 Å². The number of carbonyl (C=O) groups is 1. The first-order chi connectivity index (χ1) is 11.4. The number of para-hydroxylation sites is 1. The van der Waals surface area contributed by atoms with Crippen LogP contribution in [0, 0.1) is 0 Å². The van der Waals surface area contributed by atoms with Crippen LogP contribution in [0.1, 0.15) is 24.1 Å². The van der Waals surface area contributed by atoms with Crippen molar-refractivity contribution in [1.82, 2.24) is 9.97 Å². The molecule has 3 rings (SSSR count). The summed E-state index contributed by atoms with van der Waals surface area (Å²) in [5.41, 5.74) is 1.17. The summed E-state index contributed by atoms with van der Waals surface area (Å²) < 4.78 is 37.4. The van der Waals surface area contributed by atoms with E-state index in [1.807, 2.05) is 30.5 Å². The fraction of sp³-hybridized carbons (Fsp3) is 0.250. The lowest BCUT2D eigenvalue weighted by molar-refractivity contribution is -0.140. The average molecular weight is 353 g/mol. The second-order valence-electron chi connectivity index (χ2n) is 5.30. The number of H-pyrrole nitrogens is 1. The first-order valence-electron chi connectivity index (χ1n) is 7.31. The Balaban J connectivity index is 1.52. The highest BCUT2D eigenvalue weighted by Crippen LogP contribution is 2.31. The van der Waals surface area contributed by atoms with Gasteiger partial charge in [0.2, 0.25) is 5.91 Å². The summed E-state index contributed by atoms with van der Waals surface area (Å²) in [6.07, 6.45) is -1.04. The molecule has 126 valence electrons. The third kappa shape index (κ3) is 3.76. The first-order valence-corrected chi connectivity index (χ1v) is 8.19. The summed E-state index contributed by atoms with van der Waals surface area (Å²) in [6.45, 7) is 0. The number of hydrogen-bond donors (Lipinski definition) is 2. The van der Waals surface area contributed by atoms with Crippen LogP contribution in [0.3, 0.4) is 0 Å². The SMILES string of the molecule is O=C(CCCc1c[nH]c2ccccc12)Nc1nc(C(F)(F)F)cs1. The summed E-state index contributed by atoms with van der Waals surface area (Å²) in [4.78, 5) is 18.4. The van der Waals surface area contributed by atoms with Crippen molar-refractivity contribution in [1.29, 1.82) is 0 Å². The number of fused-ring (bicyclic) bond motifs is 1. The van der Waals surface area contributed by atoms with Crippen LogP contribution >= 0.6 is 11.3 Å². The quantitative estimate of drug-likeness (QED) is 0.704. The molecule has 0 unspecified atom stereocenters. The minimum atomic E-state index is -4.49. The van der Waals surface area contributed by atoms with E-state index in [0.29, 0.717) is 12.8 Å². The fourth-order valence-electron chi connectivity index (χ4n) is 2.42. The molecule has 1 amide bonds. The van der Waals surface area contributed by atoms with E-state index in [4.69, 9.17) is 0 Å². The number of nitrogens with zero attached hydrogens (tertiary/aromatic N) is 1. The highest BCUT2D eigenvalue weighted by molar-refractivity contribution is 7.13. The van der Waals surface area contributed by atoms with E-state index in [2.05, 4.69) is 15.3 Å². The molecule has 3 aromatic rings. The van der Waals surface area contributed by atoms with Gasteiger partial charge >= 0.3 is 6.18 Å². The number of amides is 1. The number of nitrogens with one attached hydrogen (secondary N) is 2. The van der Waals surface area contributed by atoms with E-state index in [9.17, 15) is 18.0 Å². The van der Waals surface area contributed by atoms with Crippen LogP contribution in [-0.4, -0.2) is 15.9 Å². The monoisotopic (exact) mass is 353 g/mol. The first kappa shape index (κ1) is 16.5. The molecule has 0 aliphatic carbocycles. The molecule has 2 N–H and O–H groups in total. The van der Waals surface area contributed by atoms with Crippen LogP contribution in [-0.2, 0) is 17.4 Å². The highest BCUT2D eigenvalue weighted by atomic mass is 32.1. The maximum atomic E-state index is 12.5. The van der Waals surface area contributed by atoms with Gasteiger partial charge in [0.15, 0.2) is 10.8 Å². The Morgan fingerprint density at radius 3 is 2.83 bits per heavy atom. The Hall–Kier alpha value is -2.35. The van der Waals surface area contributed by atoms with Gasteiger partial charge in [-0.2, -0.15) is 13.2 Å². The minimum absolute atomic E-state index is 0.0283. The molecular weight excluding hydrogens is 339 g/mol. The molecule has 24 heavy (non-hydrogen) atoms. The predicted octanol–water partition coefficient (Wildman–Crippen LogP) is 4.60. The normalized spacial score (nSPS) is 11.8. The number of thiazole rings is 1. The van der Waals surface area contributed by atoms with Gasteiger partial charge in [-0.15, -0.1) is 11.3 Å². The molecule has 4 nitrogen and oxygen atoms in total. The lowest BCUT2D eigenvalue weighted by Gasteiger charge is -2.03. The lowest BCUT2D eigenvalue weighted by Crippen LogP contribution is -2.12. The fourth-order valence-corrected chi connectivity index (χ4v) is 3.15. The molecule has 2 aromatic heterocycles. The van der Waals surface area contributed by atoms with Crippen LogP contribution < -0.4 is 5.32 Å². The van der Waals surface area contributed by atoms with Gasteiger partial charge in [0, 0.05) is 28.9 Å². The molecule has 0 bridgehead atoms. The third-order valence-corrected chi connectivity index (χ3v) is 4.32. The van der Waals surface area contributed by atoms with Crippen molar-refractivity contribution in [3.8, 4) is 0 Å². The summed E-state index contributed by atoms with van der Waals surface area (Å²) >= 11 is 0.770. The summed E-state index contributed by atoms with van der Waals surface area (Å²) in [6, 6.07) is 7.88. The van der Waals surface area contributed by atoms with E-state index in [0.717, 1.165) is 33.2 Å². The van der Waals surface area contributed by atoms with Crippen molar-refractivity contribution < 1.29 is 18.0 Å². The second kappa shape index (κ2) is 6.64. The number of benzene rings is 1. The minimum Gasteiger partial charge on any atom is -0.361 e. The number of aromatic nitrogens is 2. The van der Waals surface area contributed by atoms with Crippen LogP contribution in [0.4, 0.5) is 18.3 Å². The summed E-state index contributed by atoms with van der Waals surface area (Å²) in [7, 11) is 0. The zero-order chi connectivity index (χ0) is 17.2. The average Bonchev–Trinajstić information content (AvgIpc) is 3.14. The van der Waals surface area contributed by atoms with Crippen LogP contribution in [0.15, 0.2) is 35.8 Å². The number of aryl methyl sites for hydroxylation is 1. The number of alkyl halides is 3. The van der Waals surface area contributed by atoms with Crippen molar-refractivity contribution in [3.05, 3.63) is 47.1 Å².